The molecule has 1 saturated heterocycles. The van der Waals surface area contributed by atoms with Crippen molar-refractivity contribution in [3.63, 3.8) is 0 Å². The van der Waals surface area contributed by atoms with Crippen molar-refractivity contribution >= 4 is 5.91 Å². The second-order valence-electron chi connectivity index (χ2n) is 4.59. The van der Waals surface area contributed by atoms with E-state index in [-0.39, 0.29) is 5.91 Å². The first kappa shape index (κ1) is 12.5. The SMILES string of the molecule is CN(C)C(=O)CCCN1CCC[C@@H](N)C1. The van der Waals surface area contributed by atoms with Gasteiger partial charge >= 0.3 is 0 Å². The maximum atomic E-state index is 11.3. The lowest BCUT2D eigenvalue weighted by Crippen LogP contribution is -2.43. The Labute approximate surface area is 92.4 Å². The molecular weight excluding hydrogens is 190 g/mol. The summed E-state index contributed by atoms with van der Waals surface area (Å²) in [6.45, 7) is 3.15. The van der Waals surface area contributed by atoms with Crippen LogP contribution < -0.4 is 5.73 Å². The van der Waals surface area contributed by atoms with E-state index < -0.39 is 0 Å². The number of likely N-dealkylation sites (tertiary alicyclic amines) is 1. The zero-order valence-corrected chi connectivity index (χ0v) is 9.91. The van der Waals surface area contributed by atoms with Crippen molar-refractivity contribution in [1.82, 2.24) is 9.80 Å². The van der Waals surface area contributed by atoms with Gasteiger partial charge in [0.05, 0.1) is 0 Å². The molecule has 1 rings (SSSR count). The fourth-order valence-corrected chi connectivity index (χ4v) is 1.97. The smallest absolute Gasteiger partial charge is 0.222 e. The van der Waals surface area contributed by atoms with Gasteiger partial charge in [0.2, 0.25) is 5.91 Å². The minimum Gasteiger partial charge on any atom is -0.349 e. The fraction of sp³-hybridized carbons (Fsp3) is 0.909. The number of rotatable bonds is 4. The van der Waals surface area contributed by atoms with Crippen LogP contribution in [0.4, 0.5) is 0 Å². The summed E-state index contributed by atoms with van der Waals surface area (Å²) >= 11 is 0. The molecule has 1 atom stereocenters. The molecule has 1 fully saturated rings. The van der Waals surface area contributed by atoms with Gasteiger partial charge in [0.25, 0.3) is 0 Å². The highest BCUT2D eigenvalue weighted by molar-refractivity contribution is 5.75. The van der Waals surface area contributed by atoms with E-state index in [2.05, 4.69) is 4.90 Å². The average Bonchev–Trinajstić information content (AvgIpc) is 2.17. The van der Waals surface area contributed by atoms with Crippen LogP contribution in [0.3, 0.4) is 0 Å². The normalized spacial score (nSPS) is 22.7. The van der Waals surface area contributed by atoms with Crippen molar-refractivity contribution < 1.29 is 4.79 Å². The summed E-state index contributed by atoms with van der Waals surface area (Å²) < 4.78 is 0. The quantitative estimate of drug-likeness (QED) is 0.729. The highest BCUT2D eigenvalue weighted by atomic mass is 16.2. The highest BCUT2D eigenvalue weighted by Crippen LogP contribution is 2.09. The maximum Gasteiger partial charge on any atom is 0.222 e. The van der Waals surface area contributed by atoms with Crippen LogP contribution in [0.25, 0.3) is 0 Å². The molecule has 1 aliphatic rings. The Hall–Kier alpha value is -0.610. The van der Waals surface area contributed by atoms with Gasteiger partial charge < -0.3 is 15.5 Å². The summed E-state index contributed by atoms with van der Waals surface area (Å²) in [5, 5.41) is 0. The molecule has 0 aromatic heterocycles. The van der Waals surface area contributed by atoms with Crippen molar-refractivity contribution in [2.24, 2.45) is 5.73 Å². The Balaban J connectivity index is 2.11. The van der Waals surface area contributed by atoms with Gasteiger partial charge in [0.15, 0.2) is 0 Å². The summed E-state index contributed by atoms with van der Waals surface area (Å²) in [5.74, 6) is 0.219. The summed E-state index contributed by atoms with van der Waals surface area (Å²) in [5.41, 5.74) is 5.89. The number of hydrogen-bond acceptors (Lipinski definition) is 3. The molecule has 88 valence electrons. The predicted molar refractivity (Wildman–Crippen MR) is 61.6 cm³/mol. The van der Waals surface area contributed by atoms with Gasteiger partial charge in [-0.15, -0.1) is 0 Å². The van der Waals surface area contributed by atoms with E-state index in [4.69, 9.17) is 5.73 Å². The minimum atomic E-state index is 0.219. The van der Waals surface area contributed by atoms with Crippen LogP contribution in [0.1, 0.15) is 25.7 Å². The first-order valence-electron chi connectivity index (χ1n) is 5.77. The van der Waals surface area contributed by atoms with E-state index in [0.29, 0.717) is 12.5 Å². The zero-order valence-electron chi connectivity index (χ0n) is 9.91. The number of carbonyl (C=O) groups is 1. The van der Waals surface area contributed by atoms with Gasteiger partial charge in [-0.3, -0.25) is 4.79 Å². The second kappa shape index (κ2) is 6.08. The third-order valence-corrected chi connectivity index (χ3v) is 2.91. The highest BCUT2D eigenvalue weighted by Gasteiger charge is 2.16. The molecule has 0 aromatic rings. The molecule has 4 heteroatoms. The lowest BCUT2D eigenvalue weighted by atomic mass is 10.1. The molecule has 0 bridgehead atoms. The van der Waals surface area contributed by atoms with Gasteiger partial charge in [-0.25, -0.2) is 0 Å². The van der Waals surface area contributed by atoms with Crippen molar-refractivity contribution in [2.45, 2.75) is 31.7 Å². The molecule has 0 aliphatic carbocycles. The van der Waals surface area contributed by atoms with Crippen molar-refractivity contribution in [2.75, 3.05) is 33.7 Å². The molecule has 0 saturated carbocycles. The third kappa shape index (κ3) is 4.62. The van der Waals surface area contributed by atoms with Crippen LogP contribution in [0, 0.1) is 0 Å². The van der Waals surface area contributed by atoms with E-state index in [1.165, 1.54) is 6.42 Å². The average molecular weight is 213 g/mol. The summed E-state index contributed by atoms with van der Waals surface area (Å²) in [6.07, 6.45) is 3.94. The summed E-state index contributed by atoms with van der Waals surface area (Å²) in [4.78, 5) is 15.4. The van der Waals surface area contributed by atoms with Crippen LogP contribution >= 0.6 is 0 Å². The third-order valence-electron chi connectivity index (χ3n) is 2.91. The number of amides is 1. The Morgan fingerprint density at radius 1 is 1.53 bits per heavy atom. The van der Waals surface area contributed by atoms with Crippen molar-refractivity contribution in [3.8, 4) is 0 Å². The van der Waals surface area contributed by atoms with Crippen molar-refractivity contribution in [3.05, 3.63) is 0 Å². The van der Waals surface area contributed by atoms with Crippen LogP contribution in [-0.2, 0) is 4.79 Å². The predicted octanol–water partition coefficient (Wildman–Crippen LogP) is 0.278. The molecular formula is C11H23N3O. The van der Waals surface area contributed by atoms with E-state index in [1.54, 1.807) is 19.0 Å². The van der Waals surface area contributed by atoms with Crippen LogP contribution in [0.15, 0.2) is 0 Å². The lowest BCUT2D eigenvalue weighted by molar-refractivity contribution is -0.128. The zero-order chi connectivity index (χ0) is 11.3. The molecule has 0 aromatic carbocycles. The first-order valence-corrected chi connectivity index (χ1v) is 5.77. The number of nitrogens with two attached hydrogens (primary N) is 1. The standard InChI is InChI=1S/C11H23N3O/c1-13(2)11(15)6-4-8-14-7-3-5-10(12)9-14/h10H,3-9,12H2,1-2H3/t10-/m1/s1. The summed E-state index contributed by atoms with van der Waals surface area (Å²) in [7, 11) is 3.61. The molecule has 2 N–H and O–H groups in total. The monoisotopic (exact) mass is 213 g/mol. The summed E-state index contributed by atoms with van der Waals surface area (Å²) in [6, 6.07) is 0.336. The first-order chi connectivity index (χ1) is 7.09. The van der Waals surface area contributed by atoms with E-state index in [9.17, 15) is 4.79 Å². The molecule has 1 heterocycles. The van der Waals surface area contributed by atoms with Gasteiger partial charge in [0.1, 0.15) is 0 Å². The van der Waals surface area contributed by atoms with Gasteiger partial charge in [-0.2, -0.15) is 0 Å². The Morgan fingerprint density at radius 3 is 2.87 bits per heavy atom. The minimum absolute atomic E-state index is 0.219. The van der Waals surface area contributed by atoms with E-state index in [1.807, 2.05) is 0 Å². The molecule has 0 spiro atoms. The fourth-order valence-electron chi connectivity index (χ4n) is 1.97. The van der Waals surface area contributed by atoms with Crippen LogP contribution in [-0.4, -0.2) is 55.5 Å². The Morgan fingerprint density at radius 2 is 2.27 bits per heavy atom. The second-order valence-corrected chi connectivity index (χ2v) is 4.59. The molecule has 1 aliphatic heterocycles. The topological polar surface area (TPSA) is 49.6 Å². The van der Waals surface area contributed by atoms with Crippen LogP contribution in [0.5, 0.6) is 0 Å². The van der Waals surface area contributed by atoms with E-state index in [0.717, 1.165) is 32.5 Å². The van der Waals surface area contributed by atoms with Gasteiger partial charge in [-0.05, 0) is 32.4 Å². The Kier molecular flexibility index (Phi) is 5.05. The largest absolute Gasteiger partial charge is 0.349 e. The lowest BCUT2D eigenvalue weighted by Gasteiger charge is -2.30. The number of carbonyl (C=O) groups excluding carboxylic acids is 1. The Bertz CT molecular complexity index is 206. The van der Waals surface area contributed by atoms with Gasteiger partial charge in [0, 0.05) is 33.1 Å². The number of hydrogen-bond donors (Lipinski definition) is 1. The number of piperidine rings is 1. The molecule has 4 nitrogen and oxygen atoms in total. The molecule has 0 radical (unpaired) electrons. The number of nitrogens with zero attached hydrogens (tertiary/aromatic N) is 2. The maximum absolute atomic E-state index is 11.3. The van der Waals surface area contributed by atoms with Crippen LogP contribution in [0.2, 0.25) is 0 Å². The molecule has 1 amide bonds. The van der Waals surface area contributed by atoms with Crippen molar-refractivity contribution in [1.29, 1.82) is 0 Å². The van der Waals surface area contributed by atoms with E-state index >= 15 is 0 Å². The molecule has 0 unspecified atom stereocenters. The molecule has 15 heavy (non-hydrogen) atoms. The van der Waals surface area contributed by atoms with Gasteiger partial charge in [-0.1, -0.05) is 0 Å².